The molecule has 0 bridgehead atoms. The van der Waals surface area contributed by atoms with Crippen LogP contribution >= 0.6 is 11.6 Å². The maximum Gasteiger partial charge on any atom is 0.220 e. The van der Waals surface area contributed by atoms with Crippen LogP contribution in [-0.4, -0.2) is 16.9 Å². The van der Waals surface area contributed by atoms with Gasteiger partial charge in [0, 0.05) is 34.3 Å². The van der Waals surface area contributed by atoms with Gasteiger partial charge in [0.2, 0.25) is 5.91 Å². The molecule has 1 aromatic heterocycles. The van der Waals surface area contributed by atoms with Gasteiger partial charge < -0.3 is 11.1 Å². The Bertz CT molecular complexity index is 666. The number of aromatic nitrogens is 1. The van der Waals surface area contributed by atoms with E-state index in [9.17, 15) is 4.79 Å². The average molecular weight is 304 g/mol. The van der Waals surface area contributed by atoms with E-state index >= 15 is 0 Å². The number of nitrogens with two attached hydrogens (primary N) is 1. The van der Waals surface area contributed by atoms with Crippen LogP contribution in [0.5, 0.6) is 0 Å². The summed E-state index contributed by atoms with van der Waals surface area (Å²) in [5.74, 6) is -0.131. The summed E-state index contributed by atoms with van der Waals surface area (Å²) >= 11 is 6.00. The van der Waals surface area contributed by atoms with Gasteiger partial charge in [0.15, 0.2) is 0 Å². The fourth-order valence-corrected chi connectivity index (χ4v) is 3.16. The molecule has 21 heavy (non-hydrogen) atoms. The van der Waals surface area contributed by atoms with Crippen molar-refractivity contribution in [3.63, 3.8) is 0 Å². The molecule has 0 spiro atoms. The minimum Gasteiger partial charge on any atom is -0.382 e. The number of rotatable bonds is 3. The number of hydrogen-bond donors (Lipinski definition) is 2. The molecule has 0 saturated heterocycles. The second kappa shape index (κ2) is 5.90. The quantitative estimate of drug-likeness (QED) is 0.913. The molecule has 5 heteroatoms. The number of halogens is 1. The molecule has 3 N–H and O–H groups in total. The predicted octanol–water partition coefficient (Wildman–Crippen LogP) is 3.34. The van der Waals surface area contributed by atoms with E-state index in [-0.39, 0.29) is 11.8 Å². The number of benzene rings is 1. The second-order valence-corrected chi connectivity index (χ2v) is 6.05. The molecule has 1 aromatic carbocycles. The van der Waals surface area contributed by atoms with Crippen molar-refractivity contribution in [3.8, 4) is 0 Å². The summed E-state index contributed by atoms with van der Waals surface area (Å²) in [5, 5.41) is 5.33. The second-order valence-electron chi connectivity index (χ2n) is 5.62. The summed E-state index contributed by atoms with van der Waals surface area (Å²) in [7, 11) is 0. The van der Waals surface area contributed by atoms with E-state index in [2.05, 4.69) is 10.3 Å². The van der Waals surface area contributed by atoms with Crippen molar-refractivity contribution >= 4 is 34.1 Å². The fourth-order valence-electron chi connectivity index (χ4n) is 2.99. The van der Waals surface area contributed by atoms with E-state index in [1.165, 1.54) is 0 Å². The number of carbonyl (C=O) groups excluding carboxylic acids is 1. The van der Waals surface area contributed by atoms with E-state index in [0.717, 1.165) is 42.3 Å². The van der Waals surface area contributed by atoms with Gasteiger partial charge in [-0.2, -0.15) is 0 Å². The molecule has 1 fully saturated rings. The summed E-state index contributed by atoms with van der Waals surface area (Å²) in [5.41, 5.74) is 7.33. The lowest BCUT2D eigenvalue weighted by atomic mass is 9.85. The van der Waals surface area contributed by atoms with Gasteiger partial charge in [-0.05, 0) is 49.9 Å². The molecular weight excluding hydrogens is 286 g/mol. The van der Waals surface area contributed by atoms with Crippen LogP contribution in [0.3, 0.4) is 0 Å². The van der Waals surface area contributed by atoms with E-state index in [1.54, 1.807) is 6.20 Å². The number of carbonyl (C=O) groups is 1. The Balaban J connectivity index is 1.75. The van der Waals surface area contributed by atoms with Crippen LogP contribution in [0.25, 0.3) is 10.9 Å². The van der Waals surface area contributed by atoms with E-state index in [0.29, 0.717) is 11.1 Å². The van der Waals surface area contributed by atoms with Crippen LogP contribution in [0, 0.1) is 5.92 Å². The number of hydrogen-bond acceptors (Lipinski definition) is 3. The third-order valence-electron chi connectivity index (χ3n) is 4.19. The summed E-state index contributed by atoms with van der Waals surface area (Å²) < 4.78 is 0. The number of fused-ring (bicyclic) bond motifs is 1. The van der Waals surface area contributed by atoms with Crippen molar-refractivity contribution in [2.75, 3.05) is 5.32 Å². The highest BCUT2D eigenvalue weighted by Gasteiger charge is 2.24. The molecule has 1 amide bonds. The van der Waals surface area contributed by atoms with Crippen LogP contribution in [0.1, 0.15) is 25.7 Å². The standard InChI is InChI=1S/C16H18ClN3O/c17-11-3-6-13-14(7-8-19-15(13)9-11)20-12-4-1-10(2-5-12)16(18)21/h3,6-10,12H,1-2,4-5H2,(H2,18,21)(H,19,20). The van der Waals surface area contributed by atoms with Gasteiger partial charge in [0.25, 0.3) is 0 Å². The first-order valence-electron chi connectivity index (χ1n) is 7.23. The fraction of sp³-hybridized carbons (Fsp3) is 0.375. The van der Waals surface area contributed by atoms with Crippen molar-refractivity contribution in [2.45, 2.75) is 31.7 Å². The van der Waals surface area contributed by atoms with Crippen molar-refractivity contribution in [2.24, 2.45) is 11.7 Å². The van der Waals surface area contributed by atoms with Gasteiger partial charge in [-0.1, -0.05) is 11.6 Å². The molecule has 110 valence electrons. The zero-order valence-corrected chi connectivity index (χ0v) is 12.4. The number of nitrogens with one attached hydrogen (secondary N) is 1. The molecule has 1 heterocycles. The lowest BCUT2D eigenvalue weighted by Gasteiger charge is -2.28. The topological polar surface area (TPSA) is 68.0 Å². The molecule has 1 aliphatic rings. The van der Waals surface area contributed by atoms with Gasteiger partial charge in [-0.3, -0.25) is 9.78 Å². The first kappa shape index (κ1) is 14.1. The van der Waals surface area contributed by atoms with Crippen LogP contribution in [-0.2, 0) is 4.79 Å². The highest BCUT2D eigenvalue weighted by atomic mass is 35.5. The molecular formula is C16H18ClN3O. The van der Waals surface area contributed by atoms with Crippen molar-refractivity contribution < 1.29 is 4.79 Å². The highest BCUT2D eigenvalue weighted by Crippen LogP contribution is 2.29. The molecule has 4 nitrogen and oxygen atoms in total. The SMILES string of the molecule is NC(=O)C1CCC(Nc2ccnc3cc(Cl)ccc23)CC1. The van der Waals surface area contributed by atoms with E-state index in [1.807, 2.05) is 24.3 Å². The Hall–Kier alpha value is -1.81. The normalized spacial score (nSPS) is 22.1. The van der Waals surface area contributed by atoms with Crippen LogP contribution in [0.4, 0.5) is 5.69 Å². The first-order chi connectivity index (χ1) is 10.1. The zero-order valence-electron chi connectivity index (χ0n) is 11.7. The number of anilines is 1. The average Bonchev–Trinajstić information content (AvgIpc) is 2.47. The summed E-state index contributed by atoms with van der Waals surface area (Å²) in [6.45, 7) is 0. The first-order valence-corrected chi connectivity index (χ1v) is 7.61. The van der Waals surface area contributed by atoms with E-state index in [4.69, 9.17) is 17.3 Å². The third-order valence-corrected chi connectivity index (χ3v) is 4.43. The Labute approximate surface area is 128 Å². The summed E-state index contributed by atoms with van der Waals surface area (Å²) in [6.07, 6.45) is 5.44. The number of primary amides is 1. The maximum absolute atomic E-state index is 11.2. The minimum absolute atomic E-state index is 0.0380. The largest absolute Gasteiger partial charge is 0.382 e. The van der Waals surface area contributed by atoms with Gasteiger partial charge >= 0.3 is 0 Å². The number of nitrogens with zero attached hydrogens (tertiary/aromatic N) is 1. The molecule has 1 saturated carbocycles. The number of pyridine rings is 1. The smallest absolute Gasteiger partial charge is 0.220 e. The molecule has 2 aromatic rings. The number of amides is 1. The van der Waals surface area contributed by atoms with E-state index < -0.39 is 0 Å². The van der Waals surface area contributed by atoms with Crippen LogP contribution in [0.15, 0.2) is 30.5 Å². The van der Waals surface area contributed by atoms with Gasteiger partial charge in [0.05, 0.1) is 5.52 Å². The molecule has 3 rings (SSSR count). The lowest BCUT2D eigenvalue weighted by molar-refractivity contribution is -0.122. The van der Waals surface area contributed by atoms with Gasteiger partial charge in [0.1, 0.15) is 0 Å². The van der Waals surface area contributed by atoms with Gasteiger partial charge in [-0.25, -0.2) is 0 Å². The van der Waals surface area contributed by atoms with Crippen molar-refractivity contribution in [3.05, 3.63) is 35.5 Å². The molecule has 0 radical (unpaired) electrons. The van der Waals surface area contributed by atoms with Crippen LogP contribution < -0.4 is 11.1 Å². The Morgan fingerprint density at radius 2 is 2.00 bits per heavy atom. The molecule has 1 aliphatic carbocycles. The molecule has 0 aliphatic heterocycles. The predicted molar refractivity (Wildman–Crippen MR) is 85.3 cm³/mol. The zero-order chi connectivity index (χ0) is 14.8. The minimum atomic E-state index is -0.169. The molecule has 0 atom stereocenters. The monoisotopic (exact) mass is 303 g/mol. The Kier molecular flexibility index (Phi) is 3.97. The van der Waals surface area contributed by atoms with Crippen molar-refractivity contribution in [1.82, 2.24) is 4.98 Å². The van der Waals surface area contributed by atoms with Crippen molar-refractivity contribution in [1.29, 1.82) is 0 Å². The maximum atomic E-state index is 11.2. The summed E-state index contributed by atoms with van der Waals surface area (Å²) in [6, 6.07) is 8.09. The Morgan fingerprint density at radius 1 is 1.24 bits per heavy atom. The third kappa shape index (κ3) is 3.10. The summed E-state index contributed by atoms with van der Waals surface area (Å²) in [4.78, 5) is 15.6. The van der Waals surface area contributed by atoms with Crippen LogP contribution in [0.2, 0.25) is 5.02 Å². The highest BCUT2D eigenvalue weighted by molar-refractivity contribution is 6.31. The molecule has 0 unspecified atom stereocenters. The van der Waals surface area contributed by atoms with Gasteiger partial charge in [-0.15, -0.1) is 0 Å². The Morgan fingerprint density at radius 3 is 2.71 bits per heavy atom. The lowest BCUT2D eigenvalue weighted by Crippen LogP contribution is -2.32.